The van der Waals surface area contributed by atoms with Gasteiger partial charge in [0.2, 0.25) is 0 Å². The van der Waals surface area contributed by atoms with E-state index in [-0.39, 0.29) is 0 Å². The summed E-state index contributed by atoms with van der Waals surface area (Å²) in [5.74, 6) is 0.774. The highest BCUT2D eigenvalue weighted by molar-refractivity contribution is 9.10. The molecule has 0 aliphatic carbocycles. The van der Waals surface area contributed by atoms with E-state index in [4.69, 9.17) is 5.73 Å². The minimum absolute atomic E-state index is 0.774. The molecule has 2 nitrogen and oxygen atoms in total. The first-order valence-corrected chi connectivity index (χ1v) is 5.15. The molecule has 0 radical (unpaired) electrons. The smallest absolute Gasteiger partial charge is 0.103 e. The van der Waals surface area contributed by atoms with Crippen molar-refractivity contribution in [3.8, 4) is 11.3 Å². The molecule has 1 aromatic carbocycles. The van der Waals surface area contributed by atoms with Gasteiger partial charge in [-0.15, -0.1) is 0 Å². The molecule has 2 rings (SSSR count). The highest BCUT2D eigenvalue weighted by Crippen LogP contribution is 2.29. The van der Waals surface area contributed by atoms with Gasteiger partial charge < -0.3 is 10.3 Å². The van der Waals surface area contributed by atoms with E-state index < -0.39 is 0 Å². The van der Waals surface area contributed by atoms with Gasteiger partial charge in [-0.2, -0.15) is 0 Å². The van der Waals surface area contributed by atoms with Crippen LogP contribution in [0.25, 0.3) is 11.3 Å². The normalized spacial score (nSPS) is 10.4. The number of nitrogens with zero attached hydrogens (tertiary/aromatic N) is 1. The van der Waals surface area contributed by atoms with Crippen molar-refractivity contribution in [2.24, 2.45) is 7.05 Å². The molecule has 2 aromatic rings. The summed E-state index contributed by atoms with van der Waals surface area (Å²) in [6.45, 7) is 0. The van der Waals surface area contributed by atoms with E-state index in [0.717, 1.165) is 21.5 Å². The monoisotopic (exact) mass is 250 g/mol. The molecule has 0 aliphatic heterocycles. The largest absolute Gasteiger partial charge is 0.385 e. The number of halogens is 1. The Bertz CT molecular complexity index is 460. The molecule has 0 spiro atoms. The molecule has 1 heterocycles. The van der Waals surface area contributed by atoms with Crippen LogP contribution < -0.4 is 5.73 Å². The van der Waals surface area contributed by atoms with Crippen molar-refractivity contribution in [3.05, 3.63) is 40.9 Å². The molecule has 0 atom stereocenters. The minimum atomic E-state index is 0.774. The Hall–Kier alpha value is -1.22. The summed E-state index contributed by atoms with van der Waals surface area (Å²) in [7, 11) is 1.96. The fourth-order valence-corrected chi connectivity index (χ4v) is 1.95. The molecule has 2 N–H and O–H groups in total. The second-order valence-electron chi connectivity index (χ2n) is 3.18. The van der Waals surface area contributed by atoms with E-state index in [2.05, 4.69) is 22.0 Å². The van der Waals surface area contributed by atoms with Crippen molar-refractivity contribution < 1.29 is 0 Å². The predicted molar refractivity (Wildman–Crippen MR) is 63.0 cm³/mol. The summed E-state index contributed by atoms with van der Waals surface area (Å²) in [6, 6.07) is 12.0. The Labute approximate surface area is 91.5 Å². The average molecular weight is 251 g/mol. The van der Waals surface area contributed by atoms with Crippen LogP contribution in [-0.4, -0.2) is 4.57 Å². The molecule has 0 aliphatic rings. The average Bonchev–Trinajstić information content (AvgIpc) is 2.49. The first-order chi connectivity index (χ1) is 6.70. The van der Waals surface area contributed by atoms with Crippen molar-refractivity contribution in [1.29, 1.82) is 0 Å². The summed E-state index contributed by atoms with van der Waals surface area (Å²) in [5.41, 5.74) is 8.06. The first-order valence-electron chi connectivity index (χ1n) is 4.36. The minimum Gasteiger partial charge on any atom is -0.385 e. The van der Waals surface area contributed by atoms with Gasteiger partial charge in [-0.05, 0) is 18.2 Å². The molecule has 0 amide bonds. The lowest BCUT2D eigenvalue weighted by atomic mass is 10.1. The maximum atomic E-state index is 5.78. The van der Waals surface area contributed by atoms with Crippen molar-refractivity contribution in [3.63, 3.8) is 0 Å². The molecule has 0 fully saturated rings. The lowest BCUT2D eigenvalue weighted by molar-refractivity contribution is 0.950. The zero-order valence-electron chi connectivity index (χ0n) is 7.87. The van der Waals surface area contributed by atoms with Crippen LogP contribution in [0.15, 0.2) is 40.9 Å². The van der Waals surface area contributed by atoms with Gasteiger partial charge in [-0.25, -0.2) is 0 Å². The van der Waals surface area contributed by atoms with E-state index in [1.165, 1.54) is 0 Å². The van der Waals surface area contributed by atoms with Crippen LogP contribution in [0.5, 0.6) is 0 Å². The molecule has 0 saturated carbocycles. The second-order valence-corrected chi connectivity index (χ2v) is 4.04. The number of hydrogen-bond donors (Lipinski definition) is 1. The number of hydrogen-bond acceptors (Lipinski definition) is 1. The predicted octanol–water partition coefficient (Wildman–Crippen LogP) is 3.04. The third-order valence-electron chi connectivity index (χ3n) is 2.31. The molecule has 0 bridgehead atoms. The number of benzene rings is 1. The van der Waals surface area contributed by atoms with Crippen LogP contribution >= 0.6 is 15.9 Å². The van der Waals surface area contributed by atoms with Crippen LogP contribution in [-0.2, 0) is 7.05 Å². The number of nitrogen functional groups attached to an aromatic ring is 1. The van der Waals surface area contributed by atoms with E-state index in [1.54, 1.807) is 0 Å². The van der Waals surface area contributed by atoms with Crippen LogP contribution in [0.1, 0.15) is 0 Å². The van der Waals surface area contributed by atoms with Crippen LogP contribution in [0.4, 0.5) is 5.82 Å². The van der Waals surface area contributed by atoms with Gasteiger partial charge in [-0.3, -0.25) is 0 Å². The number of anilines is 1. The Morgan fingerprint density at radius 3 is 2.43 bits per heavy atom. The number of nitrogens with two attached hydrogens (primary N) is 1. The van der Waals surface area contributed by atoms with E-state index >= 15 is 0 Å². The zero-order valence-corrected chi connectivity index (χ0v) is 9.45. The summed E-state index contributed by atoms with van der Waals surface area (Å²) in [4.78, 5) is 0. The van der Waals surface area contributed by atoms with Crippen molar-refractivity contribution >= 4 is 21.7 Å². The standard InChI is InChI=1S/C11H11BrN2/c1-14-10(6-7-11(14)13)8-4-2-3-5-9(8)12/h2-7H,13H2,1H3. The van der Waals surface area contributed by atoms with Gasteiger partial charge in [0.25, 0.3) is 0 Å². The third-order valence-corrected chi connectivity index (χ3v) is 3.00. The summed E-state index contributed by atoms with van der Waals surface area (Å²) in [5, 5.41) is 0. The molecule has 3 heteroatoms. The van der Waals surface area contributed by atoms with Gasteiger partial charge in [-0.1, -0.05) is 34.1 Å². The maximum absolute atomic E-state index is 5.78. The maximum Gasteiger partial charge on any atom is 0.103 e. The molecule has 0 unspecified atom stereocenters. The Balaban J connectivity index is 2.60. The summed E-state index contributed by atoms with van der Waals surface area (Å²) < 4.78 is 3.06. The highest BCUT2D eigenvalue weighted by Gasteiger charge is 2.06. The lowest BCUT2D eigenvalue weighted by Gasteiger charge is -2.06. The fourth-order valence-electron chi connectivity index (χ4n) is 1.47. The van der Waals surface area contributed by atoms with Gasteiger partial charge in [0, 0.05) is 17.1 Å². The van der Waals surface area contributed by atoms with E-state index in [9.17, 15) is 0 Å². The van der Waals surface area contributed by atoms with Gasteiger partial charge in [0.05, 0.1) is 5.69 Å². The Morgan fingerprint density at radius 1 is 1.14 bits per heavy atom. The van der Waals surface area contributed by atoms with E-state index in [0.29, 0.717) is 0 Å². The zero-order chi connectivity index (χ0) is 10.1. The van der Waals surface area contributed by atoms with E-state index in [1.807, 2.05) is 41.9 Å². The first kappa shape index (κ1) is 9.34. The Morgan fingerprint density at radius 2 is 1.86 bits per heavy atom. The second kappa shape index (κ2) is 3.50. The fraction of sp³-hybridized carbons (Fsp3) is 0.0909. The topological polar surface area (TPSA) is 30.9 Å². The van der Waals surface area contributed by atoms with Crippen molar-refractivity contribution in [2.45, 2.75) is 0 Å². The highest BCUT2D eigenvalue weighted by atomic mass is 79.9. The van der Waals surface area contributed by atoms with Gasteiger partial charge in [0.1, 0.15) is 5.82 Å². The van der Waals surface area contributed by atoms with Gasteiger partial charge >= 0.3 is 0 Å². The molecule has 0 saturated heterocycles. The van der Waals surface area contributed by atoms with Crippen LogP contribution in [0, 0.1) is 0 Å². The van der Waals surface area contributed by atoms with Gasteiger partial charge in [0.15, 0.2) is 0 Å². The molecule has 72 valence electrons. The third kappa shape index (κ3) is 1.44. The van der Waals surface area contributed by atoms with Crippen molar-refractivity contribution in [1.82, 2.24) is 4.57 Å². The molecular formula is C11H11BrN2. The molecule has 14 heavy (non-hydrogen) atoms. The number of aromatic nitrogens is 1. The van der Waals surface area contributed by atoms with Crippen molar-refractivity contribution in [2.75, 3.05) is 5.73 Å². The summed E-state index contributed by atoms with van der Waals surface area (Å²) in [6.07, 6.45) is 0. The SMILES string of the molecule is Cn1c(N)ccc1-c1ccccc1Br. The van der Waals surface area contributed by atoms with Crippen LogP contribution in [0.3, 0.4) is 0 Å². The lowest BCUT2D eigenvalue weighted by Crippen LogP contribution is -1.97. The Kier molecular flexibility index (Phi) is 2.33. The molecular weight excluding hydrogens is 240 g/mol. The van der Waals surface area contributed by atoms with Crippen LogP contribution in [0.2, 0.25) is 0 Å². The quantitative estimate of drug-likeness (QED) is 0.829. The molecule has 1 aromatic heterocycles. The number of rotatable bonds is 1. The summed E-state index contributed by atoms with van der Waals surface area (Å²) >= 11 is 3.52.